The molecule has 582 valence electrons. The van der Waals surface area contributed by atoms with Gasteiger partial charge in [0.1, 0.15) is 19.3 Å². The van der Waals surface area contributed by atoms with Crippen molar-refractivity contribution in [1.29, 1.82) is 0 Å². The summed E-state index contributed by atoms with van der Waals surface area (Å²) in [7, 11) is -9.91. The normalized spacial score (nSPS) is 13.9. The van der Waals surface area contributed by atoms with Gasteiger partial charge in [-0.2, -0.15) is 0 Å². The summed E-state index contributed by atoms with van der Waals surface area (Å²) in [6.07, 6.45) is 62.3. The van der Waals surface area contributed by atoms with Gasteiger partial charge in [0.15, 0.2) is 12.2 Å². The first-order valence-electron chi connectivity index (χ1n) is 41.1. The summed E-state index contributed by atoms with van der Waals surface area (Å²) >= 11 is 0. The number of hydrogen-bond acceptors (Lipinski definition) is 15. The minimum atomic E-state index is -4.96. The number of carbonyl (C=O) groups is 4. The Bertz CT molecular complexity index is 1870. The van der Waals surface area contributed by atoms with E-state index >= 15 is 0 Å². The van der Waals surface area contributed by atoms with Crippen LogP contribution in [0.25, 0.3) is 0 Å². The fraction of sp³-hybridized carbons (Fsp3) is 0.949. The van der Waals surface area contributed by atoms with Gasteiger partial charge in [-0.1, -0.05) is 369 Å². The Kier molecular flexibility index (Phi) is 70.6. The highest BCUT2D eigenvalue weighted by molar-refractivity contribution is 7.47. The van der Waals surface area contributed by atoms with E-state index in [0.717, 1.165) is 95.8 Å². The second kappa shape index (κ2) is 72.0. The SMILES string of the molecule is CCCCCCCCCCCCCCCCCCCCCC(=O)O[C@H](COC(=O)CCCCCCCCCCCCCCC(C)C)COP(=O)(O)OC[C@@H](O)COP(=O)(O)OC[C@@H](COC(=O)CCCCCCCCCCCCC)OC(=O)CCCCCCCCCCCCCCC. The zero-order chi connectivity index (χ0) is 71.9. The molecular formula is C79H154O17P2. The van der Waals surface area contributed by atoms with E-state index in [4.69, 9.17) is 37.0 Å². The minimum absolute atomic E-state index is 0.108. The predicted molar refractivity (Wildman–Crippen MR) is 400 cm³/mol. The average molecular weight is 1440 g/mol. The number of esters is 4. The molecule has 2 unspecified atom stereocenters. The highest BCUT2D eigenvalue weighted by Crippen LogP contribution is 2.45. The Morgan fingerprint density at radius 3 is 0.694 bits per heavy atom. The number of carbonyl (C=O) groups excluding carboxylic acids is 4. The van der Waals surface area contributed by atoms with E-state index in [1.54, 1.807) is 0 Å². The van der Waals surface area contributed by atoms with Crippen LogP contribution in [0.1, 0.15) is 420 Å². The van der Waals surface area contributed by atoms with Crippen LogP contribution in [0.5, 0.6) is 0 Å². The number of aliphatic hydroxyl groups excluding tert-OH is 1. The molecular weight excluding hydrogens is 1280 g/mol. The van der Waals surface area contributed by atoms with Gasteiger partial charge in [0.25, 0.3) is 0 Å². The maximum atomic E-state index is 13.1. The van der Waals surface area contributed by atoms with Gasteiger partial charge in [-0.3, -0.25) is 37.3 Å². The highest BCUT2D eigenvalue weighted by atomic mass is 31.2. The van der Waals surface area contributed by atoms with Gasteiger partial charge in [0.2, 0.25) is 0 Å². The molecule has 0 aliphatic carbocycles. The zero-order valence-corrected chi connectivity index (χ0v) is 65.7. The molecule has 0 bridgehead atoms. The Morgan fingerprint density at radius 1 is 0.276 bits per heavy atom. The molecule has 19 heteroatoms. The largest absolute Gasteiger partial charge is 0.472 e. The van der Waals surface area contributed by atoms with Crippen LogP contribution in [0.15, 0.2) is 0 Å². The maximum absolute atomic E-state index is 13.1. The quantitative estimate of drug-likeness (QED) is 0.0222. The number of hydrogen-bond donors (Lipinski definition) is 3. The van der Waals surface area contributed by atoms with E-state index in [1.165, 1.54) is 244 Å². The van der Waals surface area contributed by atoms with Gasteiger partial charge >= 0.3 is 39.5 Å². The number of rotatable bonds is 79. The fourth-order valence-corrected chi connectivity index (χ4v) is 13.8. The Morgan fingerprint density at radius 2 is 0.469 bits per heavy atom. The Hall–Kier alpha value is -1.94. The number of aliphatic hydroxyl groups is 1. The van der Waals surface area contributed by atoms with Crippen molar-refractivity contribution in [2.24, 2.45) is 5.92 Å². The Balaban J connectivity index is 5.24. The summed E-state index contributed by atoms with van der Waals surface area (Å²) in [6, 6.07) is 0. The fourth-order valence-electron chi connectivity index (χ4n) is 12.2. The second-order valence-corrected chi connectivity index (χ2v) is 31.8. The van der Waals surface area contributed by atoms with Gasteiger partial charge in [-0.25, -0.2) is 9.13 Å². The smallest absolute Gasteiger partial charge is 0.462 e. The molecule has 0 aromatic rings. The number of ether oxygens (including phenoxy) is 4. The van der Waals surface area contributed by atoms with Crippen LogP contribution in [0, 0.1) is 5.92 Å². The number of unbranched alkanes of at least 4 members (excludes halogenated alkanes) is 51. The van der Waals surface area contributed by atoms with Crippen LogP contribution in [0.3, 0.4) is 0 Å². The third kappa shape index (κ3) is 72.4. The van der Waals surface area contributed by atoms with E-state index in [1.807, 2.05) is 0 Å². The molecule has 0 radical (unpaired) electrons. The zero-order valence-electron chi connectivity index (χ0n) is 63.9. The van der Waals surface area contributed by atoms with Crippen LogP contribution >= 0.6 is 15.6 Å². The molecule has 0 heterocycles. The topological polar surface area (TPSA) is 237 Å². The van der Waals surface area contributed by atoms with Crippen molar-refractivity contribution < 1.29 is 80.2 Å². The van der Waals surface area contributed by atoms with E-state index in [0.29, 0.717) is 25.7 Å². The maximum Gasteiger partial charge on any atom is 0.472 e. The van der Waals surface area contributed by atoms with Crippen molar-refractivity contribution in [1.82, 2.24) is 0 Å². The molecule has 0 fully saturated rings. The molecule has 0 amide bonds. The lowest BCUT2D eigenvalue weighted by molar-refractivity contribution is -0.161. The predicted octanol–water partition coefficient (Wildman–Crippen LogP) is 23.6. The van der Waals surface area contributed by atoms with Crippen LogP contribution < -0.4 is 0 Å². The van der Waals surface area contributed by atoms with Gasteiger partial charge in [-0.05, 0) is 31.6 Å². The lowest BCUT2D eigenvalue weighted by atomic mass is 10.0. The third-order valence-electron chi connectivity index (χ3n) is 18.5. The molecule has 0 rings (SSSR count). The van der Waals surface area contributed by atoms with Crippen molar-refractivity contribution in [3.63, 3.8) is 0 Å². The van der Waals surface area contributed by atoms with Crippen molar-refractivity contribution in [2.75, 3.05) is 39.6 Å². The lowest BCUT2D eigenvalue weighted by Gasteiger charge is -2.21. The molecule has 3 N–H and O–H groups in total. The first kappa shape index (κ1) is 96.1. The first-order chi connectivity index (χ1) is 47.5. The van der Waals surface area contributed by atoms with E-state index in [-0.39, 0.29) is 25.7 Å². The summed E-state index contributed by atoms with van der Waals surface area (Å²) in [5.41, 5.74) is 0. The molecule has 0 aromatic carbocycles. The number of phosphoric ester groups is 2. The summed E-state index contributed by atoms with van der Waals surface area (Å²) in [5, 5.41) is 10.6. The Labute approximate surface area is 600 Å². The van der Waals surface area contributed by atoms with E-state index in [2.05, 4.69) is 34.6 Å². The molecule has 0 saturated carbocycles. The van der Waals surface area contributed by atoms with E-state index < -0.39 is 97.5 Å². The standard InChI is InChI=1S/C79H154O17P2/c1-6-9-12-15-18-21-24-26-27-28-29-30-31-33-40-45-50-55-60-65-79(84)96-75(69-90-77(82)63-58-53-48-43-38-35-34-37-41-46-51-56-61-72(4)5)71-94-98(87,88)92-67-73(80)66-91-97(85,86)93-70-74(68-89-76(81)62-57-52-47-42-36-23-20-17-14-11-8-3)95-78(83)64-59-54-49-44-39-32-25-22-19-16-13-10-7-2/h72-75,80H,6-71H2,1-5H3,(H,85,86)(H,87,88)/t73-,74+,75+/m0/s1. The van der Waals surface area contributed by atoms with Crippen molar-refractivity contribution in [3.8, 4) is 0 Å². The average Bonchev–Trinajstić information content (AvgIpc) is 1.04. The van der Waals surface area contributed by atoms with Crippen LogP contribution in [0.2, 0.25) is 0 Å². The summed E-state index contributed by atoms with van der Waals surface area (Å²) in [5.74, 6) is -1.33. The molecule has 0 saturated heterocycles. The summed E-state index contributed by atoms with van der Waals surface area (Å²) < 4.78 is 68.7. The number of phosphoric acid groups is 2. The summed E-state index contributed by atoms with van der Waals surface area (Å²) in [6.45, 7) is 7.33. The van der Waals surface area contributed by atoms with Crippen molar-refractivity contribution >= 4 is 39.5 Å². The van der Waals surface area contributed by atoms with Crippen LogP contribution in [-0.4, -0.2) is 96.7 Å². The summed E-state index contributed by atoms with van der Waals surface area (Å²) in [4.78, 5) is 72.9. The lowest BCUT2D eigenvalue weighted by Crippen LogP contribution is -2.30. The van der Waals surface area contributed by atoms with Crippen molar-refractivity contribution in [3.05, 3.63) is 0 Å². The van der Waals surface area contributed by atoms with E-state index in [9.17, 15) is 43.2 Å². The van der Waals surface area contributed by atoms with Crippen molar-refractivity contribution in [2.45, 2.75) is 438 Å². The van der Waals surface area contributed by atoms with Gasteiger partial charge < -0.3 is 33.8 Å². The van der Waals surface area contributed by atoms with Crippen LogP contribution in [0.4, 0.5) is 0 Å². The first-order valence-corrected chi connectivity index (χ1v) is 44.1. The molecule has 98 heavy (non-hydrogen) atoms. The molecule has 5 atom stereocenters. The van der Waals surface area contributed by atoms with Gasteiger partial charge in [0.05, 0.1) is 26.4 Å². The second-order valence-electron chi connectivity index (χ2n) is 28.9. The molecule has 0 aliphatic heterocycles. The van der Waals surface area contributed by atoms with Gasteiger partial charge in [0, 0.05) is 25.7 Å². The third-order valence-corrected chi connectivity index (χ3v) is 20.4. The molecule has 0 spiro atoms. The highest BCUT2D eigenvalue weighted by Gasteiger charge is 2.30. The van der Waals surface area contributed by atoms with Gasteiger partial charge in [-0.15, -0.1) is 0 Å². The molecule has 0 aliphatic rings. The monoisotopic (exact) mass is 1440 g/mol. The molecule has 17 nitrogen and oxygen atoms in total. The molecule has 0 aromatic heterocycles. The minimum Gasteiger partial charge on any atom is -0.462 e. The van der Waals surface area contributed by atoms with Crippen LogP contribution in [-0.2, 0) is 65.4 Å².